The first-order valence-corrected chi connectivity index (χ1v) is 6.42. The summed E-state index contributed by atoms with van der Waals surface area (Å²) in [7, 11) is 0. The SMILES string of the molecule is CCC(C)(CC)C(=O)CCc1nccs1. The number of Topliss-reactive ketones (excluding diaryl/α,β-unsaturated/α-hetero) is 1. The summed E-state index contributed by atoms with van der Waals surface area (Å²) in [5.41, 5.74) is -0.128. The van der Waals surface area contributed by atoms with Crippen LogP contribution in [-0.4, -0.2) is 10.8 Å². The Kier molecular flexibility index (Phi) is 4.45. The summed E-state index contributed by atoms with van der Waals surface area (Å²) in [4.78, 5) is 16.2. The summed E-state index contributed by atoms with van der Waals surface area (Å²) < 4.78 is 0. The molecule has 3 heteroatoms. The second-order valence-corrected chi connectivity index (χ2v) is 5.10. The van der Waals surface area contributed by atoms with E-state index in [0.29, 0.717) is 12.2 Å². The molecule has 0 N–H and O–H groups in total. The van der Waals surface area contributed by atoms with E-state index in [9.17, 15) is 4.79 Å². The Hall–Kier alpha value is -0.700. The second-order valence-electron chi connectivity index (χ2n) is 4.12. The molecule has 0 aromatic carbocycles. The molecule has 0 radical (unpaired) electrons. The van der Waals surface area contributed by atoms with Crippen molar-refractivity contribution in [2.75, 3.05) is 0 Å². The van der Waals surface area contributed by atoms with Crippen molar-refractivity contribution >= 4 is 17.1 Å². The van der Waals surface area contributed by atoms with Gasteiger partial charge in [0.15, 0.2) is 0 Å². The van der Waals surface area contributed by atoms with Gasteiger partial charge in [-0.1, -0.05) is 20.8 Å². The lowest BCUT2D eigenvalue weighted by Gasteiger charge is -2.24. The van der Waals surface area contributed by atoms with Gasteiger partial charge in [0.25, 0.3) is 0 Å². The van der Waals surface area contributed by atoms with Gasteiger partial charge in [-0.25, -0.2) is 4.98 Å². The molecule has 0 aliphatic heterocycles. The molecule has 1 heterocycles. The van der Waals surface area contributed by atoms with Crippen LogP contribution in [0.15, 0.2) is 11.6 Å². The second kappa shape index (κ2) is 5.40. The molecule has 2 nitrogen and oxygen atoms in total. The molecule has 0 aliphatic carbocycles. The third-order valence-electron chi connectivity index (χ3n) is 3.28. The maximum Gasteiger partial charge on any atom is 0.139 e. The molecular formula is C12H19NOS. The van der Waals surface area contributed by atoms with Gasteiger partial charge in [-0.3, -0.25) is 4.79 Å². The van der Waals surface area contributed by atoms with Crippen LogP contribution in [0.4, 0.5) is 0 Å². The van der Waals surface area contributed by atoms with Crippen LogP contribution in [0.3, 0.4) is 0 Å². The molecule has 84 valence electrons. The van der Waals surface area contributed by atoms with Gasteiger partial charge in [0, 0.05) is 29.8 Å². The largest absolute Gasteiger partial charge is 0.299 e. The Morgan fingerprint density at radius 2 is 2.13 bits per heavy atom. The number of thiazole rings is 1. The molecule has 1 aromatic heterocycles. The van der Waals surface area contributed by atoms with Crippen LogP contribution in [-0.2, 0) is 11.2 Å². The zero-order chi connectivity index (χ0) is 11.3. The number of nitrogens with zero attached hydrogens (tertiary/aromatic N) is 1. The fourth-order valence-electron chi connectivity index (χ4n) is 1.54. The minimum absolute atomic E-state index is 0.128. The van der Waals surface area contributed by atoms with Gasteiger partial charge in [-0.15, -0.1) is 11.3 Å². The van der Waals surface area contributed by atoms with E-state index >= 15 is 0 Å². The summed E-state index contributed by atoms with van der Waals surface area (Å²) in [6.07, 6.45) is 5.08. The summed E-state index contributed by atoms with van der Waals surface area (Å²) >= 11 is 1.63. The van der Waals surface area contributed by atoms with E-state index < -0.39 is 0 Å². The quantitative estimate of drug-likeness (QED) is 0.742. The van der Waals surface area contributed by atoms with Crippen molar-refractivity contribution in [3.05, 3.63) is 16.6 Å². The number of carbonyl (C=O) groups is 1. The van der Waals surface area contributed by atoms with E-state index in [-0.39, 0.29) is 5.41 Å². The highest BCUT2D eigenvalue weighted by molar-refractivity contribution is 7.09. The number of carbonyl (C=O) groups excluding carboxylic acids is 1. The molecule has 15 heavy (non-hydrogen) atoms. The number of aryl methyl sites for hydroxylation is 1. The third-order valence-corrected chi connectivity index (χ3v) is 4.12. The van der Waals surface area contributed by atoms with Crippen molar-refractivity contribution in [1.82, 2.24) is 4.98 Å². The van der Waals surface area contributed by atoms with Crippen molar-refractivity contribution in [1.29, 1.82) is 0 Å². The minimum atomic E-state index is -0.128. The fourth-order valence-corrected chi connectivity index (χ4v) is 2.16. The maximum absolute atomic E-state index is 12.0. The lowest BCUT2D eigenvalue weighted by molar-refractivity contribution is -0.128. The molecule has 1 rings (SSSR count). The monoisotopic (exact) mass is 225 g/mol. The topological polar surface area (TPSA) is 30.0 Å². The van der Waals surface area contributed by atoms with Crippen LogP contribution in [0.1, 0.15) is 45.0 Å². The van der Waals surface area contributed by atoms with Crippen LogP contribution in [0.5, 0.6) is 0 Å². The van der Waals surface area contributed by atoms with Crippen molar-refractivity contribution in [3.8, 4) is 0 Å². The van der Waals surface area contributed by atoms with E-state index in [1.165, 1.54) is 0 Å². The number of hydrogen-bond donors (Lipinski definition) is 0. The van der Waals surface area contributed by atoms with Crippen molar-refractivity contribution < 1.29 is 4.79 Å². The van der Waals surface area contributed by atoms with E-state index in [1.54, 1.807) is 17.5 Å². The number of rotatable bonds is 6. The van der Waals surface area contributed by atoms with E-state index in [0.717, 1.165) is 24.3 Å². The smallest absolute Gasteiger partial charge is 0.139 e. The average Bonchev–Trinajstić information content (AvgIpc) is 2.77. The van der Waals surface area contributed by atoms with Gasteiger partial charge < -0.3 is 0 Å². The standard InChI is InChI=1S/C12H19NOS/c1-4-12(3,5-2)10(14)6-7-11-13-8-9-15-11/h8-9H,4-7H2,1-3H3. The highest BCUT2D eigenvalue weighted by Gasteiger charge is 2.28. The van der Waals surface area contributed by atoms with E-state index in [1.807, 2.05) is 5.38 Å². The maximum atomic E-state index is 12.0. The minimum Gasteiger partial charge on any atom is -0.299 e. The molecule has 0 fully saturated rings. The first-order chi connectivity index (χ1) is 7.12. The third kappa shape index (κ3) is 3.13. The molecule has 1 aromatic rings. The number of hydrogen-bond acceptors (Lipinski definition) is 3. The van der Waals surface area contributed by atoms with Crippen molar-refractivity contribution in [2.45, 2.75) is 46.5 Å². The van der Waals surface area contributed by atoms with Gasteiger partial charge in [0.1, 0.15) is 5.78 Å². The Morgan fingerprint density at radius 3 is 2.60 bits per heavy atom. The highest BCUT2D eigenvalue weighted by atomic mass is 32.1. The fraction of sp³-hybridized carbons (Fsp3) is 0.667. The summed E-state index contributed by atoms with van der Waals surface area (Å²) in [5.74, 6) is 0.378. The number of ketones is 1. The average molecular weight is 225 g/mol. The van der Waals surface area contributed by atoms with Crippen LogP contribution in [0, 0.1) is 5.41 Å². The molecule has 0 aliphatic rings. The summed E-state index contributed by atoms with van der Waals surface area (Å²) in [6.45, 7) is 6.24. The molecule has 0 atom stereocenters. The lowest BCUT2D eigenvalue weighted by atomic mass is 9.79. The normalized spacial score (nSPS) is 11.7. The van der Waals surface area contributed by atoms with E-state index in [2.05, 4.69) is 25.8 Å². The molecule has 0 amide bonds. The Balaban J connectivity index is 2.48. The highest BCUT2D eigenvalue weighted by Crippen LogP contribution is 2.28. The van der Waals surface area contributed by atoms with Gasteiger partial charge in [-0.2, -0.15) is 0 Å². The zero-order valence-electron chi connectivity index (χ0n) is 9.75. The molecule has 0 spiro atoms. The molecule has 0 saturated heterocycles. The lowest BCUT2D eigenvalue weighted by Crippen LogP contribution is -2.26. The molecule has 0 saturated carbocycles. The Labute approximate surface area is 95.7 Å². The molecular weight excluding hydrogens is 206 g/mol. The summed E-state index contributed by atoms with van der Waals surface area (Å²) in [6, 6.07) is 0. The Morgan fingerprint density at radius 1 is 1.47 bits per heavy atom. The van der Waals surface area contributed by atoms with Crippen LogP contribution in [0.2, 0.25) is 0 Å². The van der Waals surface area contributed by atoms with Crippen LogP contribution < -0.4 is 0 Å². The van der Waals surface area contributed by atoms with Gasteiger partial charge in [0.05, 0.1) is 5.01 Å². The van der Waals surface area contributed by atoms with Crippen molar-refractivity contribution in [2.24, 2.45) is 5.41 Å². The number of aromatic nitrogens is 1. The summed E-state index contributed by atoms with van der Waals surface area (Å²) in [5, 5.41) is 3.02. The van der Waals surface area contributed by atoms with Crippen LogP contribution in [0.25, 0.3) is 0 Å². The Bertz CT molecular complexity index is 301. The first kappa shape index (κ1) is 12.4. The zero-order valence-corrected chi connectivity index (χ0v) is 10.6. The van der Waals surface area contributed by atoms with Gasteiger partial charge in [-0.05, 0) is 12.8 Å². The molecule has 0 bridgehead atoms. The molecule has 0 unspecified atom stereocenters. The first-order valence-electron chi connectivity index (χ1n) is 5.54. The predicted octanol–water partition coefficient (Wildman–Crippen LogP) is 3.47. The van der Waals surface area contributed by atoms with Crippen molar-refractivity contribution in [3.63, 3.8) is 0 Å². The van der Waals surface area contributed by atoms with Crippen LogP contribution >= 0.6 is 11.3 Å². The van der Waals surface area contributed by atoms with E-state index in [4.69, 9.17) is 0 Å². The predicted molar refractivity (Wildman–Crippen MR) is 64.1 cm³/mol. The van der Waals surface area contributed by atoms with Gasteiger partial charge >= 0.3 is 0 Å². The van der Waals surface area contributed by atoms with Gasteiger partial charge in [0.2, 0.25) is 0 Å².